The molecule has 0 radical (unpaired) electrons. The van der Waals surface area contributed by atoms with Crippen LogP contribution in [0.4, 0.5) is 0 Å². The number of nitrogens with one attached hydrogen (secondary N) is 1. The van der Waals surface area contributed by atoms with Gasteiger partial charge in [-0.3, -0.25) is 10.1 Å². The van der Waals surface area contributed by atoms with Crippen molar-refractivity contribution >= 4 is 5.91 Å². The Hall–Kier alpha value is -0.610. The van der Waals surface area contributed by atoms with Crippen molar-refractivity contribution in [3.8, 4) is 0 Å². The van der Waals surface area contributed by atoms with E-state index in [9.17, 15) is 4.79 Å². The van der Waals surface area contributed by atoms with Gasteiger partial charge in [0.1, 0.15) is 0 Å². The molecule has 2 rings (SSSR count). The Bertz CT molecular complexity index is 321. The molecule has 2 saturated heterocycles. The summed E-state index contributed by atoms with van der Waals surface area (Å²) in [7, 11) is 0. The van der Waals surface area contributed by atoms with Gasteiger partial charge in [-0.2, -0.15) is 0 Å². The van der Waals surface area contributed by atoms with Crippen molar-refractivity contribution in [2.75, 3.05) is 26.2 Å². The van der Waals surface area contributed by atoms with Crippen molar-refractivity contribution in [1.29, 1.82) is 0 Å². The highest BCUT2D eigenvalue weighted by atomic mass is 16.2. The van der Waals surface area contributed by atoms with Crippen LogP contribution in [0.5, 0.6) is 0 Å². The SMILES string of the molecule is CCCC1NC(CCC)N(CC2CCN(CC)C2)C1=O. The molecule has 0 saturated carbocycles. The lowest BCUT2D eigenvalue weighted by Gasteiger charge is -2.27. The highest BCUT2D eigenvalue weighted by Gasteiger charge is 2.39. The van der Waals surface area contributed by atoms with Crippen LogP contribution in [0.15, 0.2) is 0 Å². The Labute approximate surface area is 123 Å². The van der Waals surface area contributed by atoms with E-state index in [0.717, 1.165) is 45.3 Å². The summed E-state index contributed by atoms with van der Waals surface area (Å²) in [4.78, 5) is 17.2. The summed E-state index contributed by atoms with van der Waals surface area (Å²) in [6.07, 6.45) is 5.78. The van der Waals surface area contributed by atoms with Crippen LogP contribution in [0.25, 0.3) is 0 Å². The molecule has 116 valence electrons. The van der Waals surface area contributed by atoms with E-state index in [4.69, 9.17) is 0 Å². The molecule has 1 N–H and O–H groups in total. The zero-order valence-electron chi connectivity index (χ0n) is 13.4. The van der Waals surface area contributed by atoms with Crippen molar-refractivity contribution < 1.29 is 4.79 Å². The second kappa shape index (κ2) is 7.41. The normalized spacial score (nSPS) is 31.4. The number of hydrogen-bond acceptors (Lipinski definition) is 3. The first-order chi connectivity index (χ1) is 9.69. The van der Waals surface area contributed by atoms with Crippen LogP contribution < -0.4 is 5.32 Å². The summed E-state index contributed by atoms with van der Waals surface area (Å²) in [5.41, 5.74) is 0. The number of likely N-dealkylation sites (tertiary alicyclic amines) is 1. The fourth-order valence-corrected chi connectivity index (χ4v) is 3.60. The van der Waals surface area contributed by atoms with Crippen molar-refractivity contribution in [2.24, 2.45) is 5.92 Å². The van der Waals surface area contributed by atoms with Gasteiger partial charge in [-0.05, 0) is 38.3 Å². The minimum atomic E-state index is 0.0697. The third-order valence-electron chi connectivity index (χ3n) is 4.76. The number of carbonyl (C=O) groups is 1. The molecule has 0 aromatic rings. The number of carbonyl (C=O) groups excluding carboxylic acids is 1. The maximum atomic E-state index is 12.6. The lowest BCUT2D eigenvalue weighted by atomic mass is 10.1. The minimum Gasteiger partial charge on any atom is -0.325 e. The average Bonchev–Trinajstić information content (AvgIpc) is 3.00. The summed E-state index contributed by atoms with van der Waals surface area (Å²) in [6.45, 7) is 11.0. The van der Waals surface area contributed by atoms with Gasteiger partial charge in [-0.1, -0.05) is 33.6 Å². The van der Waals surface area contributed by atoms with Crippen LogP contribution in [-0.4, -0.2) is 54.1 Å². The van der Waals surface area contributed by atoms with E-state index in [-0.39, 0.29) is 12.2 Å². The molecule has 0 aromatic carbocycles. The van der Waals surface area contributed by atoms with Crippen molar-refractivity contribution in [2.45, 2.75) is 65.1 Å². The molecule has 4 heteroatoms. The average molecular weight is 281 g/mol. The van der Waals surface area contributed by atoms with E-state index < -0.39 is 0 Å². The van der Waals surface area contributed by atoms with Gasteiger partial charge in [-0.15, -0.1) is 0 Å². The van der Waals surface area contributed by atoms with Crippen molar-refractivity contribution in [1.82, 2.24) is 15.1 Å². The van der Waals surface area contributed by atoms with Crippen LogP contribution in [0.2, 0.25) is 0 Å². The Kier molecular flexibility index (Phi) is 5.85. The molecular weight excluding hydrogens is 250 g/mol. The molecule has 3 unspecified atom stereocenters. The highest BCUT2D eigenvalue weighted by molar-refractivity contribution is 5.84. The van der Waals surface area contributed by atoms with E-state index in [1.54, 1.807) is 0 Å². The third-order valence-corrected chi connectivity index (χ3v) is 4.76. The smallest absolute Gasteiger partial charge is 0.241 e. The van der Waals surface area contributed by atoms with Gasteiger partial charge in [0.2, 0.25) is 5.91 Å². The van der Waals surface area contributed by atoms with Crippen LogP contribution in [0.1, 0.15) is 52.9 Å². The summed E-state index contributed by atoms with van der Waals surface area (Å²) >= 11 is 0. The van der Waals surface area contributed by atoms with Crippen molar-refractivity contribution in [3.05, 3.63) is 0 Å². The third kappa shape index (κ3) is 3.53. The number of hydrogen-bond donors (Lipinski definition) is 1. The molecule has 0 bridgehead atoms. The van der Waals surface area contributed by atoms with Gasteiger partial charge in [0.15, 0.2) is 0 Å². The number of amides is 1. The van der Waals surface area contributed by atoms with E-state index >= 15 is 0 Å². The highest BCUT2D eigenvalue weighted by Crippen LogP contribution is 2.23. The summed E-state index contributed by atoms with van der Waals surface area (Å²) < 4.78 is 0. The molecule has 4 nitrogen and oxygen atoms in total. The van der Waals surface area contributed by atoms with E-state index in [1.807, 2.05) is 0 Å². The van der Waals surface area contributed by atoms with Gasteiger partial charge in [-0.25, -0.2) is 0 Å². The molecule has 0 aliphatic carbocycles. The summed E-state index contributed by atoms with van der Waals surface area (Å²) in [5, 5.41) is 3.55. The van der Waals surface area contributed by atoms with Gasteiger partial charge < -0.3 is 9.80 Å². The molecule has 1 amide bonds. The quantitative estimate of drug-likeness (QED) is 0.776. The van der Waals surface area contributed by atoms with Crippen molar-refractivity contribution in [3.63, 3.8) is 0 Å². The fraction of sp³-hybridized carbons (Fsp3) is 0.938. The minimum absolute atomic E-state index is 0.0697. The van der Waals surface area contributed by atoms with Gasteiger partial charge in [0.25, 0.3) is 0 Å². The molecule has 2 aliphatic heterocycles. The topological polar surface area (TPSA) is 35.6 Å². The van der Waals surface area contributed by atoms with E-state index in [0.29, 0.717) is 11.8 Å². The second-order valence-electron chi connectivity index (χ2n) is 6.35. The monoisotopic (exact) mass is 281 g/mol. The maximum absolute atomic E-state index is 12.6. The molecular formula is C16H31N3O. The summed E-state index contributed by atoms with van der Waals surface area (Å²) in [5.74, 6) is 1.01. The van der Waals surface area contributed by atoms with Crippen LogP contribution >= 0.6 is 0 Å². The Morgan fingerprint density at radius 1 is 1.20 bits per heavy atom. The lowest BCUT2D eigenvalue weighted by molar-refractivity contribution is -0.130. The maximum Gasteiger partial charge on any atom is 0.241 e. The predicted molar refractivity (Wildman–Crippen MR) is 82.5 cm³/mol. The number of nitrogens with zero attached hydrogens (tertiary/aromatic N) is 2. The zero-order valence-corrected chi connectivity index (χ0v) is 13.4. The van der Waals surface area contributed by atoms with Crippen LogP contribution in [-0.2, 0) is 4.79 Å². The first-order valence-electron chi connectivity index (χ1n) is 8.48. The molecule has 2 fully saturated rings. The molecule has 3 atom stereocenters. The Morgan fingerprint density at radius 2 is 1.95 bits per heavy atom. The number of rotatable bonds is 7. The standard InChI is InChI=1S/C16H31N3O/c1-4-7-14-16(20)19(15(17-14)8-5-2)12-13-9-10-18(6-3)11-13/h13-15,17H,4-12H2,1-3H3. The summed E-state index contributed by atoms with van der Waals surface area (Å²) in [6, 6.07) is 0.0697. The molecule has 20 heavy (non-hydrogen) atoms. The van der Waals surface area contributed by atoms with Gasteiger partial charge in [0, 0.05) is 13.1 Å². The molecule has 0 spiro atoms. The Balaban J connectivity index is 1.94. The van der Waals surface area contributed by atoms with Gasteiger partial charge in [0.05, 0.1) is 12.2 Å². The molecule has 2 aliphatic rings. The lowest BCUT2D eigenvalue weighted by Crippen LogP contribution is -2.40. The van der Waals surface area contributed by atoms with Gasteiger partial charge >= 0.3 is 0 Å². The molecule has 2 heterocycles. The first-order valence-corrected chi connectivity index (χ1v) is 8.48. The fourth-order valence-electron chi connectivity index (χ4n) is 3.60. The van der Waals surface area contributed by atoms with Crippen LogP contribution in [0.3, 0.4) is 0 Å². The predicted octanol–water partition coefficient (Wildman–Crippen LogP) is 2.05. The first kappa shape index (κ1) is 15.8. The van der Waals surface area contributed by atoms with E-state index in [2.05, 4.69) is 35.9 Å². The molecule has 0 aromatic heterocycles. The largest absolute Gasteiger partial charge is 0.325 e. The van der Waals surface area contributed by atoms with Crippen LogP contribution in [0, 0.1) is 5.92 Å². The van der Waals surface area contributed by atoms with E-state index in [1.165, 1.54) is 13.0 Å². The second-order valence-corrected chi connectivity index (χ2v) is 6.35. The zero-order chi connectivity index (χ0) is 14.5. The Morgan fingerprint density at radius 3 is 2.55 bits per heavy atom.